The highest BCUT2D eigenvalue weighted by Gasteiger charge is 2.23. The molecule has 0 fully saturated rings. The maximum atomic E-state index is 11.9. The number of nitrogens with one attached hydrogen (secondary N) is 2. The standard InChI is InChI=1S/C16H19N3O4S/c1-2-10-23-13-12(15(20)21)14(24-19-13)18-16(22)17-9-8-11-6-4-3-5-7-11/h3-7H,2,8-10H2,1H3,(H,20,21)(H2,17,18,22). The summed E-state index contributed by atoms with van der Waals surface area (Å²) in [6, 6.07) is 9.27. The summed E-state index contributed by atoms with van der Waals surface area (Å²) in [5.74, 6) is -1.15. The van der Waals surface area contributed by atoms with Crippen LogP contribution in [0.3, 0.4) is 0 Å². The molecule has 1 aromatic heterocycles. The zero-order chi connectivity index (χ0) is 17.4. The maximum Gasteiger partial charge on any atom is 0.344 e. The van der Waals surface area contributed by atoms with Crippen molar-refractivity contribution < 1.29 is 19.4 Å². The lowest BCUT2D eigenvalue weighted by Crippen LogP contribution is -2.30. The number of hydrogen-bond acceptors (Lipinski definition) is 5. The number of aromatic carboxylic acids is 1. The highest BCUT2D eigenvalue weighted by atomic mass is 32.1. The summed E-state index contributed by atoms with van der Waals surface area (Å²) >= 11 is 0.885. The Hall–Kier alpha value is -2.61. The Bertz CT molecular complexity index is 688. The molecule has 0 aliphatic heterocycles. The fourth-order valence-electron chi connectivity index (χ4n) is 1.96. The largest absolute Gasteiger partial charge is 0.477 e. The molecule has 0 atom stereocenters. The van der Waals surface area contributed by atoms with Crippen LogP contribution in [0, 0.1) is 0 Å². The van der Waals surface area contributed by atoms with Gasteiger partial charge in [-0.05, 0) is 29.9 Å². The lowest BCUT2D eigenvalue weighted by molar-refractivity contribution is 0.0693. The Labute approximate surface area is 143 Å². The van der Waals surface area contributed by atoms with E-state index in [1.54, 1.807) is 0 Å². The number of carboxylic acids is 1. The molecule has 0 radical (unpaired) electrons. The number of carbonyl (C=O) groups excluding carboxylic acids is 1. The van der Waals surface area contributed by atoms with Crippen molar-refractivity contribution in [3.63, 3.8) is 0 Å². The summed E-state index contributed by atoms with van der Waals surface area (Å²) < 4.78 is 9.25. The van der Waals surface area contributed by atoms with Crippen molar-refractivity contribution in [3.05, 3.63) is 41.5 Å². The van der Waals surface area contributed by atoms with Crippen LogP contribution in [-0.4, -0.2) is 34.6 Å². The van der Waals surface area contributed by atoms with Gasteiger partial charge in [0.1, 0.15) is 5.00 Å². The average Bonchev–Trinajstić information content (AvgIpc) is 2.96. The minimum atomic E-state index is -1.19. The van der Waals surface area contributed by atoms with Gasteiger partial charge in [0, 0.05) is 6.54 Å². The van der Waals surface area contributed by atoms with E-state index < -0.39 is 12.0 Å². The van der Waals surface area contributed by atoms with Crippen LogP contribution in [0.25, 0.3) is 0 Å². The predicted molar refractivity (Wildman–Crippen MR) is 92.0 cm³/mol. The van der Waals surface area contributed by atoms with E-state index in [4.69, 9.17) is 4.74 Å². The summed E-state index contributed by atoms with van der Waals surface area (Å²) in [5.41, 5.74) is 0.990. The van der Waals surface area contributed by atoms with Gasteiger partial charge in [-0.15, -0.1) is 0 Å². The molecule has 2 aromatic rings. The molecular weight excluding hydrogens is 330 g/mol. The van der Waals surface area contributed by atoms with Crippen LogP contribution < -0.4 is 15.4 Å². The fraction of sp³-hybridized carbons (Fsp3) is 0.312. The van der Waals surface area contributed by atoms with E-state index in [9.17, 15) is 14.7 Å². The molecule has 0 aliphatic carbocycles. The Morgan fingerprint density at radius 2 is 2.04 bits per heavy atom. The van der Waals surface area contributed by atoms with Gasteiger partial charge >= 0.3 is 12.0 Å². The molecule has 128 valence electrons. The summed E-state index contributed by atoms with van der Waals surface area (Å²) in [5, 5.41) is 14.7. The molecule has 24 heavy (non-hydrogen) atoms. The zero-order valence-electron chi connectivity index (χ0n) is 13.2. The van der Waals surface area contributed by atoms with E-state index in [0.29, 0.717) is 19.6 Å². The third-order valence-corrected chi connectivity index (χ3v) is 3.83. The molecule has 1 heterocycles. The SMILES string of the molecule is CCCOc1nsc(NC(=O)NCCc2ccccc2)c1C(=O)O. The fourth-order valence-corrected chi connectivity index (χ4v) is 2.68. The molecule has 2 rings (SSSR count). The van der Waals surface area contributed by atoms with E-state index in [-0.39, 0.29) is 16.4 Å². The molecular formula is C16H19N3O4S. The third kappa shape index (κ3) is 4.95. The van der Waals surface area contributed by atoms with Gasteiger partial charge in [-0.25, -0.2) is 9.59 Å². The normalized spacial score (nSPS) is 10.2. The van der Waals surface area contributed by atoms with Crippen molar-refractivity contribution in [2.45, 2.75) is 19.8 Å². The van der Waals surface area contributed by atoms with E-state index in [0.717, 1.165) is 23.5 Å². The molecule has 3 N–H and O–H groups in total. The number of benzene rings is 1. The van der Waals surface area contributed by atoms with Crippen molar-refractivity contribution >= 4 is 28.5 Å². The van der Waals surface area contributed by atoms with Crippen LogP contribution >= 0.6 is 11.5 Å². The Morgan fingerprint density at radius 1 is 1.29 bits per heavy atom. The van der Waals surface area contributed by atoms with Gasteiger partial charge in [0.05, 0.1) is 6.61 Å². The summed E-state index contributed by atoms with van der Waals surface area (Å²) in [4.78, 5) is 23.3. The number of rotatable bonds is 8. The van der Waals surface area contributed by atoms with Gasteiger partial charge in [-0.3, -0.25) is 5.32 Å². The lowest BCUT2D eigenvalue weighted by Gasteiger charge is -2.07. The van der Waals surface area contributed by atoms with Gasteiger partial charge in [0.15, 0.2) is 5.56 Å². The van der Waals surface area contributed by atoms with Crippen LogP contribution in [0.5, 0.6) is 5.88 Å². The molecule has 7 nitrogen and oxygen atoms in total. The van der Waals surface area contributed by atoms with Crippen molar-refractivity contribution in [2.75, 3.05) is 18.5 Å². The van der Waals surface area contributed by atoms with Crippen LogP contribution in [-0.2, 0) is 6.42 Å². The number of urea groups is 1. The van der Waals surface area contributed by atoms with E-state index in [2.05, 4.69) is 15.0 Å². The van der Waals surface area contributed by atoms with Crippen molar-refractivity contribution in [3.8, 4) is 5.88 Å². The second kappa shape index (κ2) is 8.88. The second-order valence-electron chi connectivity index (χ2n) is 4.96. The number of ether oxygens (including phenoxy) is 1. The van der Waals surface area contributed by atoms with Gasteiger partial charge in [0.25, 0.3) is 0 Å². The highest BCUT2D eigenvalue weighted by molar-refractivity contribution is 7.11. The molecule has 0 saturated carbocycles. The average molecular weight is 349 g/mol. The molecule has 0 aliphatic rings. The van der Waals surface area contributed by atoms with Crippen molar-refractivity contribution in [2.24, 2.45) is 0 Å². The monoisotopic (exact) mass is 349 g/mol. The van der Waals surface area contributed by atoms with Crippen LogP contribution in [0.15, 0.2) is 30.3 Å². The molecule has 0 unspecified atom stereocenters. The first-order valence-corrected chi connectivity index (χ1v) is 8.33. The van der Waals surface area contributed by atoms with E-state index >= 15 is 0 Å². The van der Waals surface area contributed by atoms with Gasteiger partial charge in [0.2, 0.25) is 5.88 Å². The van der Waals surface area contributed by atoms with Crippen LogP contribution in [0.1, 0.15) is 29.3 Å². The van der Waals surface area contributed by atoms with Crippen molar-refractivity contribution in [1.82, 2.24) is 9.69 Å². The maximum absolute atomic E-state index is 11.9. The zero-order valence-corrected chi connectivity index (χ0v) is 14.1. The minimum absolute atomic E-state index is 0.0361. The number of amides is 2. The number of anilines is 1. The highest BCUT2D eigenvalue weighted by Crippen LogP contribution is 2.30. The van der Waals surface area contributed by atoms with Crippen molar-refractivity contribution in [1.29, 1.82) is 0 Å². The smallest absolute Gasteiger partial charge is 0.344 e. The number of aromatic nitrogens is 1. The van der Waals surface area contributed by atoms with Crippen LogP contribution in [0.2, 0.25) is 0 Å². The number of carbonyl (C=O) groups is 2. The Kier molecular flexibility index (Phi) is 6.56. The molecule has 2 amide bonds. The first-order chi connectivity index (χ1) is 11.6. The molecule has 0 spiro atoms. The number of hydrogen-bond donors (Lipinski definition) is 3. The van der Waals surface area contributed by atoms with Gasteiger partial charge in [-0.1, -0.05) is 37.3 Å². The second-order valence-corrected chi connectivity index (χ2v) is 5.74. The Morgan fingerprint density at radius 3 is 2.71 bits per heavy atom. The van der Waals surface area contributed by atoms with Gasteiger partial charge < -0.3 is 15.2 Å². The predicted octanol–water partition coefficient (Wildman–Crippen LogP) is 2.99. The van der Waals surface area contributed by atoms with Gasteiger partial charge in [-0.2, -0.15) is 4.37 Å². The van der Waals surface area contributed by atoms with E-state index in [1.807, 2.05) is 37.3 Å². The molecule has 0 bridgehead atoms. The number of nitrogens with zero attached hydrogens (tertiary/aromatic N) is 1. The summed E-state index contributed by atoms with van der Waals surface area (Å²) in [6.45, 7) is 2.72. The number of carboxylic acid groups (broad SMARTS) is 1. The van der Waals surface area contributed by atoms with E-state index in [1.165, 1.54) is 0 Å². The lowest BCUT2D eigenvalue weighted by atomic mass is 10.1. The molecule has 1 aromatic carbocycles. The minimum Gasteiger partial charge on any atom is -0.477 e. The molecule has 8 heteroatoms. The summed E-state index contributed by atoms with van der Waals surface area (Å²) in [7, 11) is 0. The third-order valence-electron chi connectivity index (χ3n) is 3.09. The summed E-state index contributed by atoms with van der Waals surface area (Å²) in [6.07, 6.45) is 1.42. The first-order valence-electron chi connectivity index (χ1n) is 7.56. The van der Waals surface area contributed by atoms with Crippen LogP contribution in [0.4, 0.5) is 9.80 Å². The first kappa shape index (κ1) is 17.7. The topological polar surface area (TPSA) is 101 Å². The quantitative estimate of drug-likeness (QED) is 0.680. The Balaban J connectivity index is 1.91. The molecule has 0 saturated heterocycles.